The van der Waals surface area contributed by atoms with Gasteiger partial charge >= 0.3 is 0 Å². The van der Waals surface area contributed by atoms with Crippen LogP contribution in [0.3, 0.4) is 0 Å². The lowest BCUT2D eigenvalue weighted by atomic mass is 9.97. The first kappa shape index (κ1) is 12.8. The third kappa shape index (κ3) is 3.18. The highest BCUT2D eigenvalue weighted by Crippen LogP contribution is 2.41. The Hall–Kier alpha value is -0.650. The van der Waals surface area contributed by atoms with E-state index in [1.54, 1.807) is 30.4 Å². The van der Waals surface area contributed by atoms with Gasteiger partial charge in [0.2, 0.25) is 0 Å². The lowest BCUT2D eigenvalue weighted by Gasteiger charge is -2.32. The first-order valence-electron chi connectivity index (χ1n) is 6.05. The number of aliphatic hydroxyl groups is 1. The standard InChI is InChI=1S/C12H19N3OS/c1-2-15-12(8-16,10-3-4-10)9-17-11-7-13-5-6-14-11/h5-7,10,15-16H,2-4,8-9H2,1H3. The summed E-state index contributed by atoms with van der Waals surface area (Å²) in [6, 6.07) is 0. The third-order valence-corrected chi connectivity index (χ3v) is 4.35. The molecule has 0 bridgehead atoms. The predicted molar refractivity (Wildman–Crippen MR) is 69.0 cm³/mol. The summed E-state index contributed by atoms with van der Waals surface area (Å²) in [4.78, 5) is 8.30. The van der Waals surface area contributed by atoms with Crippen LogP contribution in [0.2, 0.25) is 0 Å². The SMILES string of the molecule is CCNC(CO)(CSc1cnccn1)C1CC1. The monoisotopic (exact) mass is 253 g/mol. The van der Waals surface area contributed by atoms with Gasteiger partial charge in [0.25, 0.3) is 0 Å². The fraction of sp³-hybridized carbons (Fsp3) is 0.667. The van der Waals surface area contributed by atoms with Crippen molar-refractivity contribution in [3.05, 3.63) is 18.6 Å². The molecule has 1 aromatic rings. The van der Waals surface area contributed by atoms with Crippen LogP contribution < -0.4 is 5.32 Å². The molecule has 1 unspecified atom stereocenters. The highest BCUT2D eigenvalue weighted by molar-refractivity contribution is 7.99. The van der Waals surface area contributed by atoms with Gasteiger partial charge in [-0.1, -0.05) is 6.92 Å². The Bertz CT molecular complexity index is 345. The number of thioether (sulfide) groups is 1. The summed E-state index contributed by atoms with van der Waals surface area (Å²) in [6.45, 7) is 3.16. The van der Waals surface area contributed by atoms with Gasteiger partial charge in [0.1, 0.15) is 5.03 Å². The summed E-state index contributed by atoms with van der Waals surface area (Å²) < 4.78 is 0. The minimum Gasteiger partial charge on any atom is -0.394 e. The zero-order chi connectivity index (χ0) is 12.1. The van der Waals surface area contributed by atoms with Crippen molar-refractivity contribution in [2.24, 2.45) is 5.92 Å². The van der Waals surface area contributed by atoms with E-state index in [0.29, 0.717) is 5.92 Å². The molecule has 1 atom stereocenters. The smallest absolute Gasteiger partial charge is 0.114 e. The lowest BCUT2D eigenvalue weighted by Crippen LogP contribution is -2.52. The van der Waals surface area contributed by atoms with Gasteiger partial charge < -0.3 is 10.4 Å². The molecule has 1 fully saturated rings. The molecule has 17 heavy (non-hydrogen) atoms. The Morgan fingerprint density at radius 1 is 1.53 bits per heavy atom. The van der Waals surface area contributed by atoms with E-state index in [4.69, 9.17) is 0 Å². The normalized spacial score (nSPS) is 18.9. The van der Waals surface area contributed by atoms with Crippen LogP contribution in [0, 0.1) is 5.92 Å². The maximum atomic E-state index is 9.68. The van der Waals surface area contributed by atoms with Gasteiger partial charge in [0.15, 0.2) is 0 Å². The molecule has 0 aliphatic heterocycles. The highest BCUT2D eigenvalue weighted by atomic mass is 32.2. The van der Waals surface area contributed by atoms with E-state index < -0.39 is 0 Å². The Labute approximate surface area is 106 Å². The van der Waals surface area contributed by atoms with Gasteiger partial charge in [-0.15, -0.1) is 11.8 Å². The summed E-state index contributed by atoms with van der Waals surface area (Å²) in [5.74, 6) is 1.46. The van der Waals surface area contributed by atoms with Crippen LogP contribution in [0.5, 0.6) is 0 Å². The van der Waals surface area contributed by atoms with Crippen molar-refractivity contribution in [1.82, 2.24) is 15.3 Å². The fourth-order valence-corrected chi connectivity index (χ4v) is 3.20. The number of rotatable bonds is 7. The van der Waals surface area contributed by atoms with Crippen molar-refractivity contribution in [3.8, 4) is 0 Å². The van der Waals surface area contributed by atoms with Crippen LogP contribution in [0.4, 0.5) is 0 Å². The lowest BCUT2D eigenvalue weighted by molar-refractivity contribution is 0.161. The van der Waals surface area contributed by atoms with Crippen molar-refractivity contribution in [3.63, 3.8) is 0 Å². The van der Waals surface area contributed by atoms with Gasteiger partial charge in [0.05, 0.1) is 18.3 Å². The predicted octanol–water partition coefficient (Wildman–Crippen LogP) is 1.32. The van der Waals surface area contributed by atoms with Crippen molar-refractivity contribution in [1.29, 1.82) is 0 Å². The Balaban J connectivity index is 1.97. The number of aromatic nitrogens is 2. The number of hydrogen-bond donors (Lipinski definition) is 2. The van der Waals surface area contributed by atoms with Crippen LogP contribution >= 0.6 is 11.8 Å². The molecule has 1 saturated carbocycles. The van der Waals surface area contributed by atoms with E-state index in [1.807, 2.05) is 0 Å². The molecule has 1 aliphatic carbocycles. The first-order valence-corrected chi connectivity index (χ1v) is 7.04. The molecule has 0 amide bonds. The Morgan fingerprint density at radius 2 is 2.35 bits per heavy atom. The topological polar surface area (TPSA) is 58.0 Å². The van der Waals surface area contributed by atoms with Gasteiger partial charge in [0, 0.05) is 18.1 Å². The molecule has 5 heteroatoms. The van der Waals surface area contributed by atoms with Crippen LogP contribution in [0.25, 0.3) is 0 Å². The minimum atomic E-state index is -0.142. The van der Waals surface area contributed by atoms with E-state index in [-0.39, 0.29) is 12.1 Å². The van der Waals surface area contributed by atoms with E-state index in [2.05, 4.69) is 22.2 Å². The van der Waals surface area contributed by atoms with Gasteiger partial charge in [-0.05, 0) is 25.3 Å². The first-order chi connectivity index (χ1) is 8.30. The Kier molecular flexibility index (Phi) is 4.36. The quantitative estimate of drug-likeness (QED) is 0.718. The van der Waals surface area contributed by atoms with E-state index in [9.17, 15) is 5.11 Å². The van der Waals surface area contributed by atoms with Gasteiger partial charge in [-0.2, -0.15) is 0 Å². The number of likely N-dealkylation sites (N-methyl/N-ethyl adjacent to an activating group) is 1. The molecular weight excluding hydrogens is 234 g/mol. The van der Waals surface area contributed by atoms with Crippen LogP contribution in [-0.2, 0) is 0 Å². The molecule has 1 aromatic heterocycles. The molecule has 2 rings (SSSR count). The molecule has 0 saturated heterocycles. The van der Waals surface area contributed by atoms with E-state index >= 15 is 0 Å². The minimum absolute atomic E-state index is 0.142. The Morgan fingerprint density at radius 3 is 2.88 bits per heavy atom. The highest BCUT2D eigenvalue weighted by Gasteiger charge is 2.44. The molecule has 1 aliphatic rings. The van der Waals surface area contributed by atoms with E-state index in [1.165, 1.54) is 12.8 Å². The maximum absolute atomic E-state index is 9.68. The van der Waals surface area contributed by atoms with Crippen LogP contribution in [0.15, 0.2) is 23.6 Å². The number of aliphatic hydroxyl groups excluding tert-OH is 1. The number of hydrogen-bond acceptors (Lipinski definition) is 5. The second-order valence-electron chi connectivity index (χ2n) is 4.45. The van der Waals surface area contributed by atoms with Crippen LogP contribution in [0.1, 0.15) is 19.8 Å². The number of nitrogens with one attached hydrogen (secondary N) is 1. The molecule has 1 heterocycles. The largest absolute Gasteiger partial charge is 0.394 e. The zero-order valence-electron chi connectivity index (χ0n) is 10.1. The molecule has 4 nitrogen and oxygen atoms in total. The summed E-state index contributed by atoms with van der Waals surface area (Å²) in [5, 5.41) is 14.1. The van der Waals surface area contributed by atoms with Crippen molar-refractivity contribution in [2.45, 2.75) is 30.3 Å². The molecule has 0 aromatic carbocycles. The molecule has 94 valence electrons. The average molecular weight is 253 g/mol. The molecule has 2 N–H and O–H groups in total. The van der Waals surface area contributed by atoms with Crippen LogP contribution in [-0.4, -0.2) is 39.5 Å². The second kappa shape index (κ2) is 5.80. The summed E-state index contributed by atoms with van der Waals surface area (Å²) in [7, 11) is 0. The van der Waals surface area contributed by atoms with Gasteiger partial charge in [-0.25, -0.2) is 4.98 Å². The maximum Gasteiger partial charge on any atom is 0.114 e. The van der Waals surface area contributed by atoms with E-state index in [0.717, 1.165) is 17.3 Å². The molecular formula is C12H19N3OS. The summed E-state index contributed by atoms with van der Waals surface area (Å²) in [5.41, 5.74) is -0.142. The second-order valence-corrected chi connectivity index (χ2v) is 5.45. The van der Waals surface area contributed by atoms with Crippen molar-refractivity contribution >= 4 is 11.8 Å². The number of nitrogens with zero attached hydrogens (tertiary/aromatic N) is 2. The summed E-state index contributed by atoms with van der Waals surface area (Å²) in [6.07, 6.45) is 7.58. The molecule has 0 spiro atoms. The molecule has 0 radical (unpaired) electrons. The zero-order valence-corrected chi connectivity index (χ0v) is 10.9. The fourth-order valence-electron chi connectivity index (χ4n) is 2.09. The van der Waals surface area contributed by atoms with Gasteiger partial charge in [-0.3, -0.25) is 4.98 Å². The van der Waals surface area contributed by atoms with Crippen molar-refractivity contribution < 1.29 is 5.11 Å². The van der Waals surface area contributed by atoms with Crippen molar-refractivity contribution in [2.75, 3.05) is 18.9 Å². The third-order valence-electron chi connectivity index (χ3n) is 3.19. The summed E-state index contributed by atoms with van der Waals surface area (Å²) >= 11 is 1.66. The average Bonchev–Trinajstić information content (AvgIpc) is 3.20.